The lowest BCUT2D eigenvalue weighted by Crippen LogP contribution is -2.15. The fourth-order valence-corrected chi connectivity index (χ4v) is 10.4. The zero-order valence-electron chi connectivity index (χ0n) is 32.6. The maximum atomic E-state index is 6.62. The van der Waals surface area contributed by atoms with Crippen molar-refractivity contribution in [2.75, 3.05) is 0 Å². The van der Waals surface area contributed by atoms with Gasteiger partial charge in [-0.05, 0) is 125 Å². The molecule has 13 rings (SSSR count). The van der Waals surface area contributed by atoms with Crippen molar-refractivity contribution < 1.29 is 8.83 Å². The van der Waals surface area contributed by atoms with E-state index in [0.717, 1.165) is 54.8 Å². The minimum Gasteiger partial charge on any atom is -0.456 e. The lowest BCUT2D eigenvalue weighted by atomic mass is 9.80. The predicted octanol–water partition coefficient (Wildman–Crippen LogP) is 16.3. The van der Waals surface area contributed by atoms with E-state index in [1.54, 1.807) is 0 Å². The number of rotatable bonds is 3. The molecule has 0 unspecified atom stereocenters. The van der Waals surface area contributed by atoms with E-state index in [1.165, 1.54) is 77.0 Å². The molecular formula is C57H36O2. The molecule has 0 saturated heterocycles. The zero-order chi connectivity index (χ0) is 39.0. The van der Waals surface area contributed by atoms with Crippen LogP contribution in [0.5, 0.6) is 0 Å². The molecule has 0 N–H and O–H groups in total. The molecule has 59 heavy (non-hydrogen) atoms. The molecule has 1 aliphatic rings. The second-order valence-electron chi connectivity index (χ2n) is 16.8. The quantitative estimate of drug-likeness (QED) is 0.168. The van der Waals surface area contributed by atoms with Gasteiger partial charge in [0.1, 0.15) is 22.3 Å². The predicted molar refractivity (Wildman–Crippen MR) is 247 cm³/mol. The molecule has 2 heteroatoms. The topological polar surface area (TPSA) is 26.3 Å². The van der Waals surface area contributed by atoms with Gasteiger partial charge in [0.15, 0.2) is 0 Å². The lowest BCUT2D eigenvalue weighted by Gasteiger charge is -2.23. The third-order valence-corrected chi connectivity index (χ3v) is 13.2. The van der Waals surface area contributed by atoms with E-state index >= 15 is 0 Å². The molecule has 0 atom stereocenters. The van der Waals surface area contributed by atoms with E-state index < -0.39 is 0 Å². The number of furan rings is 2. The van der Waals surface area contributed by atoms with Crippen molar-refractivity contribution in [3.05, 3.63) is 193 Å². The lowest BCUT2D eigenvalue weighted by molar-refractivity contribution is 0.660. The van der Waals surface area contributed by atoms with Gasteiger partial charge < -0.3 is 8.83 Å². The molecule has 12 aromatic rings. The van der Waals surface area contributed by atoms with Crippen LogP contribution in [-0.4, -0.2) is 0 Å². The molecule has 0 fully saturated rings. The Morgan fingerprint density at radius 2 is 0.881 bits per heavy atom. The van der Waals surface area contributed by atoms with Gasteiger partial charge in [-0.1, -0.05) is 153 Å². The Kier molecular flexibility index (Phi) is 6.54. The second-order valence-corrected chi connectivity index (χ2v) is 16.8. The van der Waals surface area contributed by atoms with Crippen LogP contribution in [0.1, 0.15) is 25.0 Å². The molecule has 2 nitrogen and oxygen atoms in total. The molecule has 276 valence electrons. The number of hydrogen-bond acceptors (Lipinski definition) is 2. The average Bonchev–Trinajstić information content (AvgIpc) is 3.90. The first-order chi connectivity index (χ1) is 29.0. The molecule has 0 saturated carbocycles. The average molecular weight is 753 g/mol. The van der Waals surface area contributed by atoms with E-state index in [1.807, 2.05) is 0 Å². The van der Waals surface area contributed by atoms with Gasteiger partial charge in [-0.2, -0.15) is 0 Å². The molecule has 0 aliphatic heterocycles. The van der Waals surface area contributed by atoms with Crippen molar-refractivity contribution in [3.8, 4) is 44.5 Å². The largest absolute Gasteiger partial charge is 0.456 e. The minimum absolute atomic E-state index is 0.162. The summed E-state index contributed by atoms with van der Waals surface area (Å²) in [6, 6.07) is 66.5. The molecule has 2 heterocycles. The molecule has 0 radical (unpaired) electrons. The summed E-state index contributed by atoms with van der Waals surface area (Å²) in [4.78, 5) is 0. The zero-order valence-corrected chi connectivity index (χ0v) is 32.6. The van der Waals surface area contributed by atoms with Crippen molar-refractivity contribution in [2.45, 2.75) is 19.3 Å². The fraction of sp³-hybridized carbons (Fsp3) is 0.0526. The Bertz CT molecular complexity index is 3690. The summed E-state index contributed by atoms with van der Waals surface area (Å²) in [6.07, 6.45) is 0. The fourth-order valence-electron chi connectivity index (χ4n) is 10.4. The van der Waals surface area contributed by atoms with Crippen LogP contribution < -0.4 is 0 Å². The van der Waals surface area contributed by atoms with E-state index in [0.29, 0.717) is 0 Å². The van der Waals surface area contributed by atoms with Crippen LogP contribution in [0.4, 0.5) is 0 Å². The highest BCUT2D eigenvalue weighted by Gasteiger charge is 2.36. The van der Waals surface area contributed by atoms with E-state index in [9.17, 15) is 0 Å². The van der Waals surface area contributed by atoms with E-state index in [-0.39, 0.29) is 5.41 Å². The normalized spacial score (nSPS) is 13.4. The van der Waals surface area contributed by atoms with Crippen molar-refractivity contribution in [2.24, 2.45) is 0 Å². The molecule has 1 aliphatic carbocycles. The van der Waals surface area contributed by atoms with Crippen LogP contribution in [-0.2, 0) is 5.41 Å². The van der Waals surface area contributed by atoms with Crippen LogP contribution in [0.2, 0.25) is 0 Å². The maximum Gasteiger partial charge on any atom is 0.143 e. The first-order valence-electron chi connectivity index (χ1n) is 20.5. The van der Waals surface area contributed by atoms with Crippen LogP contribution in [0, 0.1) is 0 Å². The first kappa shape index (κ1) is 32.6. The molecule has 2 aromatic heterocycles. The summed E-state index contributed by atoms with van der Waals surface area (Å²) in [7, 11) is 0. The van der Waals surface area contributed by atoms with Gasteiger partial charge in [-0.3, -0.25) is 0 Å². The highest BCUT2D eigenvalue weighted by atomic mass is 16.3. The molecule has 10 aromatic carbocycles. The monoisotopic (exact) mass is 752 g/mol. The molecule has 0 spiro atoms. The Labute approximate surface area is 340 Å². The van der Waals surface area contributed by atoms with E-state index in [4.69, 9.17) is 8.83 Å². The molecular weight excluding hydrogens is 717 g/mol. The van der Waals surface area contributed by atoms with Crippen molar-refractivity contribution in [1.29, 1.82) is 0 Å². The third-order valence-electron chi connectivity index (χ3n) is 13.2. The Morgan fingerprint density at radius 1 is 0.322 bits per heavy atom. The second kappa shape index (κ2) is 11.8. The number of fused-ring (bicyclic) bond motifs is 13. The standard InChI is InChI=1S/C57H36O2/c1-57(2)49-27-23-35(36-21-25-40-47-31-53-48(32-52(47)58-51(40)30-36)45-26-20-33-12-6-7-15-38(33)56(45)59-53)28-46(49)39-24-22-37(29-50(39)57)55-43-18-10-8-16-41(43)54(34-13-4-3-5-14-34)42-17-9-11-19-44(42)55/h3-32H,1-2H3. The summed E-state index contributed by atoms with van der Waals surface area (Å²) in [5.41, 5.74) is 16.1. The van der Waals surface area contributed by atoms with Gasteiger partial charge in [0.05, 0.1) is 0 Å². The Balaban J connectivity index is 0.922. The van der Waals surface area contributed by atoms with Crippen molar-refractivity contribution >= 4 is 76.2 Å². The summed E-state index contributed by atoms with van der Waals surface area (Å²) >= 11 is 0. The van der Waals surface area contributed by atoms with Crippen molar-refractivity contribution in [3.63, 3.8) is 0 Å². The summed E-state index contributed by atoms with van der Waals surface area (Å²) in [5.74, 6) is 0. The van der Waals surface area contributed by atoms with Gasteiger partial charge in [0, 0.05) is 32.3 Å². The van der Waals surface area contributed by atoms with Crippen LogP contribution in [0.25, 0.3) is 121 Å². The van der Waals surface area contributed by atoms with Gasteiger partial charge in [-0.15, -0.1) is 0 Å². The van der Waals surface area contributed by atoms with Crippen LogP contribution in [0.15, 0.2) is 191 Å². The molecule has 0 amide bonds. The summed E-state index contributed by atoms with van der Waals surface area (Å²) in [5, 5.41) is 11.8. The van der Waals surface area contributed by atoms with Gasteiger partial charge in [0.2, 0.25) is 0 Å². The van der Waals surface area contributed by atoms with Gasteiger partial charge in [-0.25, -0.2) is 0 Å². The first-order valence-corrected chi connectivity index (χ1v) is 20.5. The smallest absolute Gasteiger partial charge is 0.143 e. The SMILES string of the molecule is CC1(C)c2ccc(-c3ccc4c(c3)oc3cc5c(cc34)oc3c4ccccc4ccc53)cc2-c2ccc(-c3c4ccccc4c(-c4ccccc4)c4ccccc34)cc21. The maximum absolute atomic E-state index is 6.62. The van der Waals surface area contributed by atoms with E-state index in [2.05, 4.69) is 196 Å². The number of benzene rings is 10. The summed E-state index contributed by atoms with van der Waals surface area (Å²) < 4.78 is 13.1. The Hall–Kier alpha value is -7.42. The van der Waals surface area contributed by atoms with Gasteiger partial charge in [0.25, 0.3) is 0 Å². The van der Waals surface area contributed by atoms with Crippen molar-refractivity contribution in [1.82, 2.24) is 0 Å². The highest BCUT2D eigenvalue weighted by Crippen LogP contribution is 2.52. The van der Waals surface area contributed by atoms with Crippen LogP contribution in [0.3, 0.4) is 0 Å². The summed E-state index contributed by atoms with van der Waals surface area (Å²) in [6.45, 7) is 4.75. The van der Waals surface area contributed by atoms with Crippen LogP contribution >= 0.6 is 0 Å². The third kappa shape index (κ3) is 4.57. The Morgan fingerprint density at radius 3 is 1.63 bits per heavy atom. The minimum atomic E-state index is -0.162. The molecule has 0 bridgehead atoms. The highest BCUT2D eigenvalue weighted by molar-refractivity contribution is 6.22. The number of hydrogen-bond donors (Lipinski definition) is 0. The van der Waals surface area contributed by atoms with Gasteiger partial charge >= 0.3 is 0 Å².